The highest BCUT2D eigenvalue weighted by molar-refractivity contribution is 6.15. The second kappa shape index (κ2) is 8.69. The van der Waals surface area contributed by atoms with Gasteiger partial charge in [-0.2, -0.15) is 5.10 Å². The fourth-order valence-corrected chi connectivity index (χ4v) is 3.28. The van der Waals surface area contributed by atoms with Crippen LogP contribution in [0.4, 0.5) is 5.69 Å². The van der Waals surface area contributed by atoms with E-state index in [0.717, 1.165) is 5.56 Å². The first-order chi connectivity index (χ1) is 14.3. The molecule has 1 amide bonds. The zero-order valence-electron chi connectivity index (χ0n) is 17.0. The van der Waals surface area contributed by atoms with Crippen molar-refractivity contribution in [2.75, 3.05) is 6.54 Å². The number of benzene rings is 2. The molecule has 0 bridgehead atoms. The van der Waals surface area contributed by atoms with Crippen LogP contribution >= 0.6 is 0 Å². The lowest BCUT2D eigenvalue weighted by Crippen LogP contribution is -2.29. The van der Waals surface area contributed by atoms with Crippen LogP contribution < -0.4 is 5.32 Å². The summed E-state index contributed by atoms with van der Waals surface area (Å²) in [5.74, 6) is -0.614. The van der Waals surface area contributed by atoms with Crippen molar-refractivity contribution < 1.29 is 14.5 Å². The Morgan fingerprint density at radius 1 is 1.03 bits per heavy atom. The average Bonchev–Trinajstić information content (AvgIpc) is 3.01. The van der Waals surface area contributed by atoms with Crippen LogP contribution in [0.2, 0.25) is 0 Å². The van der Waals surface area contributed by atoms with Gasteiger partial charge in [0.15, 0.2) is 5.78 Å². The van der Waals surface area contributed by atoms with Crippen LogP contribution in [0.5, 0.6) is 0 Å². The Labute approximate surface area is 173 Å². The molecule has 0 radical (unpaired) electrons. The third-order valence-corrected chi connectivity index (χ3v) is 4.87. The third kappa shape index (κ3) is 4.27. The lowest BCUT2D eigenvalue weighted by atomic mass is 9.97. The van der Waals surface area contributed by atoms with Gasteiger partial charge in [-0.05, 0) is 26.8 Å². The molecule has 0 spiro atoms. The zero-order valence-corrected chi connectivity index (χ0v) is 17.0. The Balaban J connectivity index is 1.73. The van der Waals surface area contributed by atoms with Crippen molar-refractivity contribution in [3.63, 3.8) is 0 Å². The van der Waals surface area contributed by atoms with Crippen LogP contribution in [0.15, 0.2) is 48.5 Å². The summed E-state index contributed by atoms with van der Waals surface area (Å²) in [5, 5.41) is 18.0. The maximum absolute atomic E-state index is 12.9. The lowest BCUT2D eigenvalue weighted by Gasteiger charge is -2.10. The van der Waals surface area contributed by atoms with Crippen LogP contribution in [0, 0.1) is 30.9 Å². The van der Waals surface area contributed by atoms with E-state index in [-0.39, 0.29) is 36.0 Å². The first-order valence-corrected chi connectivity index (χ1v) is 9.46. The smallest absolute Gasteiger partial charge is 0.312 e. The molecular weight excluding hydrogens is 384 g/mol. The van der Waals surface area contributed by atoms with Gasteiger partial charge in [0.25, 0.3) is 5.91 Å². The third-order valence-electron chi connectivity index (χ3n) is 4.87. The standard InChI is InChI=1S/C22H22N4O4/c1-14-8-10-17(11-9-14)21(27)18-6-4-5-7-19(18)22(28)23-12-13-25-16(3)20(26(29)30)15(2)24-25/h4-11H,12-13H2,1-3H3,(H,23,28). The number of amides is 1. The minimum absolute atomic E-state index is 0.0182. The predicted molar refractivity (Wildman–Crippen MR) is 112 cm³/mol. The quantitative estimate of drug-likeness (QED) is 0.368. The number of carbonyl (C=O) groups is 2. The molecule has 0 unspecified atom stereocenters. The molecule has 3 rings (SSSR count). The summed E-state index contributed by atoms with van der Waals surface area (Å²) in [7, 11) is 0. The van der Waals surface area contributed by atoms with Gasteiger partial charge in [0.05, 0.1) is 17.0 Å². The number of ketones is 1. The van der Waals surface area contributed by atoms with E-state index >= 15 is 0 Å². The minimum Gasteiger partial charge on any atom is -0.350 e. The Hall–Kier alpha value is -3.81. The molecule has 0 atom stereocenters. The van der Waals surface area contributed by atoms with E-state index in [2.05, 4.69) is 10.4 Å². The topological polar surface area (TPSA) is 107 Å². The molecule has 0 aliphatic rings. The van der Waals surface area contributed by atoms with Crippen LogP contribution in [-0.4, -0.2) is 32.9 Å². The van der Waals surface area contributed by atoms with Crippen LogP contribution in [-0.2, 0) is 6.54 Å². The molecule has 8 heteroatoms. The fourth-order valence-electron chi connectivity index (χ4n) is 3.28. The Bertz CT molecular complexity index is 1120. The molecule has 3 aromatic rings. The van der Waals surface area contributed by atoms with Gasteiger partial charge >= 0.3 is 5.69 Å². The molecule has 1 N–H and O–H groups in total. The van der Waals surface area contributed by atoms with E-state index in [1.54, 1.807) is 50.2 Å². The number of hydrogen-bond acceptors (Lipinski definition) is 5. The molecule has 0 aliphatic carbocycles. The molecule has 0 saturated carbocycles. The van der Waals surface area contributed by atoms with Gasteiger partial charge < -0.3 is 5.32 Å². The summed E-state index contributed by atoms with van der Waals surface area (Å²) in [6, 6.07) is 13.8. The summed E-state index contributed by atoms with van der Waals surface area (Å²) in [6.07, 6.45) is 0. The summed E-state index contributed by atoms with van der Waals surface area (Å²) >= 11 is 0. The second-order valence-electron chi connectivity index (χ2n) is 7.00. The monoisotopic (exact) mass is 406 g/mol. The normalized spacial score (nSPS) is 10.6. The number of rotatable bonds is 7. The maximum Gasteiger partial charge on any atom is 0.312 e. The molecule has 0 saturated heterocycles. The first kappa shape index (κ1) is 20.9. The van der Waals surface area contributed by atoms with E-state index in [0.29, 0.717) is 22.5 Å². The Morgan fingerprint density at radius 2 is 1.67 bits per heavy atom. The van der Waals surface area contributed by atoms with Crippen molar-refractivity contribution in [1.29, 1.82) is 0 Å². The average molecular weight is 406 g/mol. The summed E-state index contributed by atoms with van der Waals surface area (Å²) < 4.78 is 1.50. The van der Waals surface area contributed by atoms with Crippen molar-refractivity contribution in [1.82, 2.24) is 15.1 Å². The van der Waals surface area contributed by atoms with Gasteiger partial charge in [-0.3, -0.25) is 24.4 Å². The van der Waals surface area contributed by atoms with Crippen molar-refractivity contribution in [3.8, 4) is 0 Å². The number of nitro groups is 1. The van der Waals surface area contributed by atoms with Gasteiger partial charge in [0, 0.05) is 17.7 Å². The molecule has 1 heterocycles. The zero-order chi connectivity index (χ0) is 21.8. The van der Waals surface area contributed by atoms with Gasteiger partial charge in [0.2, 0.25) is 0 Å². The summed E-state index contributed by atoms with van der Waals surface area (Å²) in [5.41, 5.74) is 2.90. The summed E-state index contributed by atoms with van der Waals surface area (Å²) in [4.78, 5) is 36.2. The van der Waals surface area contributed by atoms with E-state index < -0.39 is 4.92 Å². The number of hydrogen-bond donors (Lipinski definition) is 1. The lowest BCUT2D eigenvalue weighted by molar-refractivity contribution is -0.386. The number of carbonyl (C=O) groups excluding carboxylic acids is 2. The number of nitrogens with one attached hydrogen (secondary N) is 1. The van der Waals surface area contributed by atoms with E-state index in [1.807, 2.05) is 19.1 Å². The van der Waals surface area contributed by atoms with Crippen molar-refractivity contribution in [3.05, 3.63) is 92.3 Å². The van der Waals surface area contributed by atoms with Gasteiger partial charge in [-0.15, -0.1) is 0 Å². The number of nitrogens with zero attached hydrogens (tertiary/aromatic N) is 3. The van der Waals surface area contributed by atoms with Crippen molar-refractivity contribution >= 4 is 17.4 Å². The van der Waals surface area contributed by atoms with Crippen LogP contribution in [0.3, 0.4) is 0 Å². The number of aryl methyl sites for hydroxylation is 2. The van der Waals surface area contributed by atoms with E-state index in [4.69, 9.17) is 0 Å². The minimum atomic E-state index is -0.459. The highest BCUT2D eigenvalue weighted by Crippen LogP contribution is 2.21. The summed E-state index contributed by atoms with van der Waals surface area (Å²) in [6.45, 7) is 5.63. The Kier molecular flexibility index (Phi) is 6.06. The van der Waals surface area contributed by atoms with Crippen LogP contribution in [0.25, 0.3) is 0 Å². The molecule has 8 nitrogen and oxygen atoms in total. The van der Waals surface area contributed by atoms with Gasteiger partial charge in [0.1, 0.15) is 11.4 Å². The first-order valence-electron chi connectivity index (χ1n) is 9.46. The molecule has 1 aromatic heterocycles. The molecular formula is C22H22N4O4. The maximum atomic E-state index is 12.9. The molecule has 0 aliphatic heterocycles. The Morgan fingerprint density at radius 3 is 2.27 bits per heavy atom. The van der Waals surface area contributed by atoms with E-state index in [1.165, 1.54) is 4.68 Å². The van der Waals surface area contributed by atoms with Crippen LogP contribution in [0.1, 0.15) is 43.2 Å². The molecule has 2 aromatic carbocycles. The van der Waals surface area contributed by atoms with Crippen molar-refractivity contribution in [2.45, 2.75) is 27.3 Å². The number of aromatic nitrogens is 2. The van der Waals surface area contributed by atoms with Crippen molar-refractivity contribution in [2.24, 2.45) is 0 Å². The highest BCUT2D eigenvalue weighted by Gasteiger charge is 2.22. The largest absolute Gasteiger partial charge is 0.350 e. The van der Waals surface area contributed by atoms with E-state index in [9.17, 15) is 19.7 Å². The predicted octanol–water partition coefficient (Wildman–Crippen LogP) is 3.38. The SMILES string of the molecule is Cc1ccc(C(=O)c2ccccc2C(=O)NCCn2nc(C)c([N+](=O)[O-])c2C)cc1. The molecule has 30 heavy (non-hydrogen) atoms. The van der Waals surface area contributed by atoms with Gasteiger partial charge in [-0.25, -0.2) is 0 Å². The second-order valence-corrected chi connectivity index (χ2v) is 7.00. The fraction of sp³-hybridized carbons (Fsp3) is 0.227. The highest BCUT2D eigenvalue weighted by atomic mass is 16.6. The molecule has 154 valence electrons. The van der Waals surface area contributed by atoms with Gasteiger partial charge in [-0.1, -0.05) is 48.0 Å². The molecule has 0 fully saturated rings.